The van der Waals surface area contributed by atoms with Crippen LogP contribution in [-0.2, 0) is 11.3 Å². The van der Waals surface area contributed by atoms with E-state index >= 15 is 0 Å². The van der Waals surface area contributed by atoms with Crippen LogP contribution in [0, 0.1) is 12.7 Å². The molecule has 1 aromatic heterocycles. The Hall–Kier alpha value is -3.29. The molecule has 0 bridgehead atoms. The highest BCUT2D eigenvalue weighted by Crippen LogP contribution is 2.39. The van der Waals surface area contributed by atoms with Gasteiger partial charge in [-0.2, -0.15) is 5.10 Å². The minimum atomic E-state index is -2.46. The maximum Gasteiger partial charge on any atom is 0.262 e. The molecule has 0 spiro atoms. The molecule has 0 aliphatic carbocycles. The van der Waals surface area contributed by atoms with E-state index in [-0.39, 0.29) is 31.3 Å². The van der Waals surface area contributed by atoms with Gasteiger partial charge in [-0.25, -0.2) is 13.2 Å². The molecule has 29 heavy (non-hydrogen) atoms. The molecular formula is C21H18F3N3O2. The molecule has 1 amide bonds. The zero-order chi connectivity index (χ0) is 20.5. The second-order valence-corrected chi connectivity index (χ2v) is 6.77. The number of fused-ring (bicyclic) bond motifs is 1. The van der Waals surface area contributed by atoms with Crippen LogP contribution >= 0.6 is 0 Å². The minimum Gasteiger partial charge on any atom is -0.482 e. The quantitative estimate of drug-likeness (QED) is 0.677. The molecule has 0 saturated carbocycles. The van der Waals surface area contributed by atoms with E-state index in [1.807, 2.05) is 6.07 Å². The van der Waals surface area contributed by atoms with Crippen LogP contribution < -0.4 is 10.1 Å². The van der Waals surface area contributed by atoms with Gasteiger partial charge in [-0.1, -0.05) is 6.07 Å². The average Bonchev–Trinajstić information content (AvgIpc) is 3.02. The fourth-order valence-corrected chi connectivity index (χ4v) is 3.45. The third kappa shape index (κ3) is 3.83. The second kappa shape index (κ2) is 7.62. The molecule has 150 valence electrons. The lowest BCUT2D eigenvalue weighted by Crippen LogP contribution is -2.25. The number of alkyl halides is 2. The summed E-state index contributed by atoms with van der Waals surface area (Å²) in [6.07, 6.45) is -2.80. The molecule has 0 fully saturated rings. The Morgan fingerprint density at radius 2 is 1.90 bits per heavy atom. The topological polar surface area (TPSA) is 56.2 Å². The van der Waals surface area contributed by atoms with Crippen LogP contribution in [0.25, 0.3) is 22.4 Å². The maximum absolute atomic E-state index is 13.4. The zero-order valence-electron chi connectivity index (χ0n) is 15.6. The molecule has 2 heterocycles. The van der Waals surface area contributed by atoms with Crippen molar-refractivity contribution in [3.63, 3.8) is 0 Å². The zero-order valence-corrected chi connectivity index (χ0v) is 15.6. The molecule has 5 nitrogen and oxygen atoms in total. The van der Waals surface area contributed by atoms with E-state index in [0.717, 1.165) is 11.1 Å². The van der Waals surface area contributed by atoms with E-state index in [4.69, 9.17) is 4.74 Å². The van der Waals surface area contributed by atoms with Crippen molar-refractivity contribution >= 4 is 11.6 Å². The summed E-state index contributed by atoms with van der Waals surface area (Å²) in [6.45, 7) is 1.77. The third-order valence-electron chi connectivity index (χ3n) is 4.71. The van der Waals surface area contributed by atoms with Gasteiger partial charge in [0, 0.05) is 24.1 Å². The Balaban J connectivity index is 1.85. The van der Waals surface area contributed by atoms with E-state index in [1.54, 1.807) is 31.2 Å². The van der Waals surface area contributed by atoms with Gasteiger partial charge in [0.15, 0.2) is 6.61 Å². The molecule has 4 rings (SSSR count). The molecule has 0 unspecified atom stereocenters. The predicted molar refractivity (Wildman–Crippen MR) is 103 cm³/mol. The second-order valence-electron chi connectivity index (χ2n) is 6.77. The lowest BCUT2D eigenvalue weighted by Gasteiger charge is -2.19. The van der Waals surface area contributed by atoms with Crippen molar-refractivity contribution in [3.05, 3.63) is 54.0 Å². The van der Waals surface area contributed by atoms with Gasteiger partial charge in [-0.05, 0) is 48.9 Å². The smallest absolute Gasteiger partial charge is 0.262 e. The van der Waals surface area contributed by atoms with Gasteiger partial charge in [-0.15, -0.1) is 0 Å². The summed E-state index contributed by atoms with van der Waals surface area (Å²) in [4.78, 5) is 11.7. The number of halogens is 3. The largest absolute Gasteiger partial charge is 0.482 e. The van der Waals surface area contributed by atoms with Crippen molar-refractivity contribution in [2.75, 3.05) is 11.9 Å². The van der Waals surface area contributed by atoms with Crippen molar-refractivity contribution < 1.29 is 22.7 Å². The average molecular weight is 401 g/mol. The predicted octanol–water partition coefficient (Wildman–Crippen LogP) is 4.65. The molecule has 8 heteroatoms. The van der Waals surface area contributed by atoms with Crippen LogP contribution in [-0.4, -0.2) is 28.7 Å². The summed E-state index contributed by atoms with van der Waals surface area (Å²) >= 11 is 0. The van der Waals surface area contributed by atoms with Crippen LogP contribution in [0.4, 0.5) is 18.9 Å². The first-order valence-corrected chi connectivity index (χ1v) is 9.11. The van der Waals surface area contributed by atoms with Crippen molar-refractivity contribution in [1.82, 2.24) is 9.78 Å². The molecule has 1 N–H and O–H groups in total. The van der Waals surface area contributed by atoms with Gasteiger partial charge in [-0.3, -0.25) is 9.48 Å². The summed E-state index contributed by atoms with van der Waals surface area (Å²) in [5.41, 5.74) is 3.92. The number of rotatable bonds is 5. The third-order valence-corrected chi connectivity index (χ3v) is 4.71. The maximum atomic E-state index is 13.4. The molecule has 0 radical (unpaired) electrons. The first-order valence-electron chi connectivity index (χ1n) is 9.11. The normalized spacial score (nSPS) is 13.2. The molecular weight excluding hydrogens is 383 g/mol. The van der Waals surface area contributed by atoms with E-state index in [9.17, 15) is 18.0 Å². The molecule has 0 saturated heterocycles. The SMILES string of the molecule is Cc1nn(CCC(F)F)c(-c2ccc(F)cc2)c1-c1ccc2c(c1)NC(=O)CO2. The van der Waals surface area contributed by atoms with Gasteiger partial charge in [0.25, 0.3) is 5.91 Å². The van der Waals surface area contributed by atoms with Gasteiger partial charge in [0.05, 0.1) is 17.1 Å². The van der Waals surface area contributed by atoms with Crippen molar-refractivity contribution in [2.45, 2.75) is 26.3 Å². The Morgan fingerprint density at radius 1 is 1.17 bits per heavy atom. The number of benzene rings is 2. The van der Waals surface area contributed by atoms with Gasteiger partial charge < -0.3 is 10.1 Å². The number of amides is 1. The minimum absolute atomic E-state index is 0.0238. The van der Waals surface area contributed by atoms with E-state index in [0.29, 0.717) is 28.4 Å². The molecule has 1 aliphatic rings. The highest BCUT2D eigenvalue weighted by molar-refractivity contribution is 5.97. The Morgan fingerprint density at radius 3 is 2.62 bits per heavy atom. The molecule has 0 atom stereocenters. The number of ether oxygens (including phenoxy) is 1. The monoisotopic (exact) mass is 401 g/mol. The first-order chi connectivity index (χ1) is 13.9. The molecule has 1 aliphatic heterocycles. The summed E-state index contributed by atoms with van der Waals surface area (Å²) in [5.74, 6) is -0.0866. The first kappa shape index (κ1) is 19.0. The Kier molecular flexibility index (Phi) is 5.00. The van der Waals surface area contributed by atoms with Crippen LogP contribution in [0.2, 0.25) is 0 Å². The van der Waals surface area contributed by atoms with Gasteiger partial charge >= 0.3 is 0 Å². The number of nitrogens with zero attached hydrogens (tertiary/aromatic N) is 2. The van der Waals surface area contributed by atoms with Crippen LogP contribution in [0.5, 0.6) is 5.75 Å². The van der Waals surface area contributed by atoms with Crippen LogP contribution in [0.3, 0.4) is 0 Å². The summed E-state index contributed by atoms with van der Waals surface area (Å²) in [7, 11) is 0. The van der Waals surface area contributed by atoms with Crippen molar-refractivity contribution in [1.29, 1.82) is 0 Å². The number of hydrogen-bond donors (Lipinski definition) is 1. The summed E-state index contributed by atoms with van der Waals surface area (Å²) in [5, 5.41) is 7.22. The number of nitrogens with one attached hydrogen (secondary N) is 1. The number of hydrogen-bond acceptors (Lipinski definition) is 3. The number of aromatic nitrogens is 2. The lowest BCUT2D eigenvalue weighted by atomic mass is 9.98. The van der Waals surface area contributed by atoms with Gasteiger partial charge in [0.2, 0.25) is 6.43 Å². The number of carbonyl (C=O) groups is 1. The fourth-order valence-electron chi connectivity index (χ4n) is 3.45. The number of carbonyl (C=O) groups excluding carboxylic acids is 1. The standard InChI is InChI=1S/C21H18F3N3O2/c1-12-20(14-4-7-17-16(10-14)25-19(28)11-29-17)21(13-2-5-15(22)6-3-13)27(26-12)9-8-18(23)24/h2-7,10,18H,8-9,11H2,1H3,(H,25,28). The fraction of sp³-hybridized carbons (Fsp3) is 0.238. The van der Waals surface area contributed by atoms with Crippen LogP contribution in [0.15, 0.2) is 42.5 Å². The molecule has 2 aromatic carbocycles. The highest BCUT2D eigenvalue weighted by atomic mass is 19.3. The Bertz CT molecular complexity index is 1060. The van der Waals surface area contributed by atoms with Crippen molar-refractivity contribution in [2.24, 2.45) is 0 Å². The highest BCUT2D eigenvalue weighted by Gasteiger charge is 2.22. The number of aryl methyl sites for hydroxylation is 2. The number of anilines is 1. The van der Waals surface area contributed by atoms with Crippen LogP contribution in [0.1, 0.15) is 12.1 Å². The van der Waals surface area contributed by atoms with Gasteiger partial charge in [0.1, 0.15) is 11.6 Å². The van der Waals surface area contributed by atoms with E-state index in [2.05, 4.69) is 10.4 Å². The van der Waals surface area contributed by atoms with E-state index < -0.39 is 6.43 Å². The van der Waals surface area contributed by atoms with E-state index in [1.165, 1.54) is 16.8 Å². The summed E-state index contributed by atoms with van der Waals surface area (Å²) in [6, 6.07) is 11.2. The Labute approximate surface area is 165 Å². The summed E-state index contributed by atoms with van der Waals surface area (Å²) < 4.78 is 46.0. The molecule has 3 aromatic rings. The van der Waals surface area contributed by atoms with Crippen molar-refractivity contribution in [3.8, 4) is 28.1 Å². The lowest BCUT2D eigenvalue weighted by molar-refractivity contribution is -0.118.